The Bertz CT molecular complexity index is 553. The molecule has 0 aliphatic heterocycles. The van der Waals surface area contributed by atoms with Crippen molar-refractivity contribution in [2.45, 2.75) is 70.3 Å². The van der Waals surface area contributed by atoms with Crippen LogP contribution in [0.3, 0.4) is 0 Å². The average Bonchev–Trinajstić information content (AvgIpc) is 2.67. The molecule has 0 aromatic heterocycles. The molecule has 0 bridgehead atoms. The summed E-state index contributed by atoms with van der Waals surface area (Å²) >= 11 is 0. The van der Waals surface area contributed by atoms with Crippen LogP contribution in [0.1, 0.15) is 64.2 Å². The van der Waals surface area contributed by atoms with Crippen molar-refractivity contribution in [3.05, 3.63) is 30.3 Å². The maximum atomic E-state index is 12.9. The van der Waals surface area contributed by atoms with Crippen LogP contribution in [0.2, 0.25) is 0 Å². The van der Waals surface area contributed by atoms with Gasteiger partial charge in [0.1, 0.15) is 5.75 Å². The summed E-state index contributed by atoms with van der Waals surface area (Å²) in [6.07, 6.45) is 9.54. The van der Waals surface area contributed by atoms with Crippen molar-refractivity contribution in [1.29, 1.82) is 0 Å². The standard InChI is InChI=1S/C22H33NO4/c1-26-22(25)16-17-23(19-11-6-3-2-4-7-12-19)21(24)15-10-18-27-20-13-8-5-9-14-20/h5,8-9,13-14,19H,2-4,6-7,10-12,15-18H2,1H3. The second kappa shape index (κ2) is 12.4. The number of amides is 1. The van der Waals surface area contributed by atoms with Gasteiger partial charge in [-0.1, -0.05) is 50.3 Å². The fourth-order valence-electron chi connectivity index (χ4n) is 3.64. The summed E-state index contributed by atoms with van der Waals surface area (Å²) < 4.78 is 10.5. The van der Waals surface area contributed by atoms with Gasteiger partial charge in [0.15, 0.2) is 0 Å². The molecule has 0 saturated heterocycles. The molecule has 0 atom stereocenters. The van der Waals surface area contributed by atoms with Crippen molar-refractivity contribution < 1.29 is 19.1 Å². The predicted octanol–water partition coefficient (Wildman–Crippen LogP) is 4.35. The van der Waals surface area contributed by atoms with Crippen LogP contribution in [-0.2, 0) is 14.3 Å². The van der Waals surface area contributed by atoms with E-state index in [1.165, 1.54) is 26.4 Å². The summed E-state index contributed by atoms with van der Waals surface area (Å²) in [4.78, 5) is 26.4. The predicted molar refractivity (Wildman–Crippen MR) is 106 cm³/mol. The lowest BCUT2D eigenvalue weighted by atomic mass is 9.95. The zero-order chi connectivity index (χ0) is 19.3. The third-order valence-electron chi connectivity index (χ3n) is 5.17. The molecule has 1 aromatic carbocycles. The minimum absolute atomic E-state index is 0.126. The van der Waals surface area contributed by atoms with Gasteiger partial charge in [-0.3, -0.25) is 9.59 Å². The molecule has 2 rings (SSSR count). The summed E-state index contributed by atoms with van der Waals surface area (Å²) in [6, 6.07) is 9.90. The topological polar surface area (TPSA) is 55.8 Å². The molecular formula is C22H33NO4. The van der Waals surface area contributed by atoms with E-state index in [0.717, 1.165) is 31.4 Å². The lowest BCUT2D eigenvalue weighted by Crippen LogP contribution is -2.42. The minimum Gasteiger partial charge on any atom is -0.494 e. The van der Waals surface area contributed by atoms with E-state index < -0.39 is 0 Å². The average molecular weight is 376 g/mol. The van der Waals surface area contributed by atoms with Gasteiger partial charge < -0.3 is 14.4 Å². The van der Waals surface area contributed by atoms with Crippen LogP contribution < -0.4 is 4.74 Å². The maximum Gasteiger partial charge on any atom is 0.307 e. The summed E-state index contributed by atoms with van der Waals surface area (Å²) in [6.45, 7) is 0.973. The Morgan fingerprint density at radius 2 is 1.67 bits per heavy atom. The van der Waals surface area contributed by atoms with E-state index >= 15 is 0 Å². The number of nitrogens with zero attached hydrogens (tertiary/aromatic N) is 1. The number of ether oxygens (including phenoxy) is 2. The van der Waals surface area contributed by atoms with E-state index in [9.17, 15) is 9.59 Å². The van der Waals surface area contributed by atoms with Gasteiger partial charge in [0.2, 0.25) is 5.91 Å². The van der Waals surface area contributed by atoms with Crippen LogP contribution in [0.5, 0.6) is 5.75 Å². The molecule has 1 aromatic rings. The van der Waals surface area contributed by atoms with Crippen LogP contribution in [-0.4, -0.2) is 43.1 Å². The van der Waals surface area contributed by atoms with E-state index in [0.29, 0.717) is 26.0 Å². The molecule has 1 amide bonds. The Morgan fingerprint density at radius 1 is 1.00 bits per heavy atom. The van der Waals surface area contributed by atoms with Crippen molar-refractivity contribution in [1.82, 2.24) is 4.90 Å². The molecule has 0 heterocycles. The monoisotopic (exact) mass is 375 g/mol. The summed E-state index contributed by atoms with van der Waals surface area (Å²) in [5.41, 5.74) is 0. The first kappa shape index (κ1) is 21.3. The Kier molecular flexibility index (Phi) is 9.74. The first-order valence-corrected chi connectivity index (χ1v) is 10.2. The molecule has 0 N–H and O–H groups in total. The molecule has 0 spiro atoms. The molecule has 0 unspecified atom stereocenters. The summed E-state index contributed by atoms with van der Waals surface area (Å²) in [5, 5.41) is 0. The molecule has 1 fully saturated rings. The Morgan fingerprint density at radius 3 is 2.33 bits per heavy atom. The van der Waals surface area contributed by atoms with Gasteiger partial charge in [0, 0.05) is 19.0 Å². The number of para-hydroxylation sites is 1. The smallest absolute Gasteiger partial charge is 0.307 e. The van der Waals surface area contributed by atoms with Gasteiger partial charge in [0.05, 0.1) is 20.1 Å². The van der Waals surface area contributed by atoms with Crippen LogP contribution >= 0.6 is 0 Å². The van der Waals surface area contributed by atoms with Crippen molar-refractivity contribution in [3.8, 4) is 5.75 Å². The first-order chi connectivity index (χ1) is 13.2. The number of hydrogen-bond donors (Lipinski definition) is 0. The highest BCUT2D eigenvalue weighted by Gasteiger charge is 2.24. The van der Waals surface area contributed by atoms with E-state index in [1.54, 1.807) is 0 Å². The number of esters is 1. The van der Waals surface area contributed by atoms with E-state index in [4.69, 9.17) is 9.47 Å². The molecule has 0 radical (unpaired) electrons. The number of rotatable bonds is 9. The lowest BCUT2D eigenvalue weighted by Gasteiger charge is -2.33. The third kappa shape index (κ3) is 8.02. The third-order valence-corrected chi connectivity index (χ3v) is 5.17. The van der Waals surface area contributed by atoms with Crippen molar-refractivity contribution in [2.75, 3.05) is 20.3 Å². The highest BCUT2D eigenvalue weighted by atomic mass is 16.5. The molecule has 5 heteroatoms. The molecule has 150 valence electrons. The Hall–Kier alpha value is -2.04. The number of carbonyl (C=O) groups is 2. The molecule has 1 aliphatic rings. The van der Waals surface area contributed by atoms with Crippen LogP contribution in [0, 0.1) is 0 Å². The Balaban J connectivity index is 1.85. The number of hydrogen-bond acceptors (Lipinski definition) is 4. The molecule has 5 nitrogen and oxygen atoms in total. The van der Waals surface area contributed by atoms with Crippen molar-refractivity contribution in [2.24, 2.45) is 0 Å². The van der Waals surface area contributed by atoms with Crippen LogP contribution in [0.4, 0.5) is 0 Å². The maximum absolute atomic E-state index is 12.9. The van der Waals surface area contributed by atoms with Gasteiger partial charge in [-0.2, -0.15) is 0 Å². The highest BCUT2D eigenvalue weighted by Crippen LogP contribution is 2.23. The lowest BCUT2D eigenvalue weighted by molar-refractivity contribution is -0.142. The van der Waals surface area contributed by atoms with E-state index in [1.807, 2.05) is 35.2 Å². The summed E-state index contributed by atoms with van der Waals surface area (Å²) in [7, 11) is 1.39. The van der Waals surface area contributed by atoms with E-state index in [2.05, 4.69) is 0 Å². The fraction of sp³-hybridized carbons (Fsp3) is 0.636. The van der Waals surface area contributed by atoms with Gasteiger partial charge in [0.25, 0.3) is 0 Å². The quantitative estimate of drug-likeness (QED) is 0.476. The minimum atomic E-state index is -0.258. The Labute approximate surface area is 163 Å². The van der Waals surface area contributed by atoms with E-state index in [-0.39, 0.29) is 24.3 Å². The first-order valence-electron chi connectivity index (χ1n) is 10.2. The highest BCUT2D eigenvalue weighted by molar-refractivity contribution is 5.77. The molecule has 27 heavy (non-hydrogen) atoms. The molecular weight excluding hydrogens is 342 g/mol. The molecule has 1 saturated carbocycles. The number of benzene rings is 1. The van der Waals surface area contributed by atoms with Crippen molar-refractivity contribution >= 4 is 11.9 Å². The van der Waals surface area contributed by atoms with Crippen LogP contribution in [0.25, 0.3) is 0 Å². The second-order valence-corrected chi connectivity index (χ2v) is 7.18. The zero-order valence-corrected chi connectivity index (χ0v) is 16.5. The normalized spacial score (nSPS) is 15.4. The number of methoxy groups -OCH3 is 1. The van der Waals surface area contributed by atoms with Crippen molar-refractivity contribution in [3.63, 3.8) is 0 Å². The SMILES string of the molecule is COC(=O)CCN(C(=O)CCCOc1ccccc1)C1CCCCCCC1. The summed E-state index contributed by atoms with van der Waals surface area (Å²) in [5.74, 6) is 0.694. The second-order valence-electron chi connectivity index (χ2n) is 7.18. The largest absolute Gasteiger partial charge is 0.494 e. The van der Waals surface area contributed by atoms with Gasteiger partial charge in [-0.15, -0.1) is 0 Å². The molecule has 1 aliphatic carbocycles. The van der Waals surface area contributed by atoms with Gasteiger partial charge >= 0.3 is 5.97 Å². The van der Waals surface area contributed by atoms with Crippen LogP contribution in [0.15, 0.2) is 30.3 Å². The van der Waals surface area contributed by atoms with Gasteiger partial charge in [-0.05, 0) is 31.4 Å². The zero-order valence-electron chi connectivity index (χ0n) is 16.5. The fourth-order valence-corrected chi connectivity index (χ4v) is 3.64. The van der Waals surface area contributed by atoms with Gasteiger partial charge in [-0.25, -0.2) is 0 Å². The number of carbonyl (C=O) groups excluding carboxylic acids is 2.